The molecule has 1 aliphatic heterocycles. The Bertz CT molecular complexity index is 469. The molecule has 2 rings (SSSR count). The molecule has 0 spiro atoms. The third-order valence-electron chi connectivity index (χ3n) is 5.16. The van der Waals surface area contributed by atoms with Crippen molar-refractivity contribution in [1.29, 1.82) is 0 Å². The quantitative estimate of drug-likeness (QED) is 0.805. The minimum atomic E-state index is -1.06. The van der Waals surface area contributed by atoms with Crippen molar-refractivity contribution in [1.82, 2.24) is 4.90 Å². The fraction of sp³-hybridized carbons (Fsp3) is 0.867. The number of hydrogen-bond acceptors (Lipinski definition) is 4. The summed E-state index contributed by atoms with van der Waals surface area (Å²) >= 11 is 0. The molecular formula is C15H26N2O4. The highest BCUT2D eigenvalue weighted by atomic mass is 16.5. The van der Waals surface area contributed by atoms with Crippen molar-refractivity contribution in [3.63, 3.8) is 0 Å². The summed E-state index contributed by atoms with van der Waals surface area (Å²) in [5.41, 5.74) is 4.37. The van der Waals surface area contributed by atoms with E-state index in [0.29, 0.717) is 6.61 Å². The van der Waals surface area contributed by atoms with Crippen molar-refractivity contribution in [2.24, 2.45) is 17.1 Å². The molecule has 1 amide bonds. The lowest BCUT2D eigenvalue weighted by Crippen LogP contribution is -2.81. The highest BCUT2D eigenvalue weighted by molar-refractivity contribution is 5.92. The minimum Gasteiger partial charge on any atom is -0.480 e. The topological polar surface area (TPSA) is 92.9 Å². The SMILES string of the molecule is CC(C)(C)N(CC(=O)O)C(=O)C1(N)C2CCOC2C1(C)C. The molecule has 21 heavy (non-hydrogen) atoms. The average Bonchev–Trinajstić information content (AvgIpc) is 2.80. The number of nitrogens with zero attached hydrogens (tertiary/aromatic N) is 1. The number of hydrogen-bond donors (Lipinski definition) is 2. The Labute approximate surface area is 125 Å². The van der Waals surface area contributed by atoms with Gasteiger partial charge in [-0.25, -0.2) is 0 Å². The molecule has 3 atom stereocenters. The van der Waals surface area contributed by atoms with Gasteiger partial charge in [0.25, 0.3) is 0 Å². The second-order valence-electron chi connectivity index (χ2n) is 7.73. The first-order valence-corrected chi connectivity index (χ1v) is 7.38. The summed E-state index contributed by atoms with van der Waals surface area (Å²) in [5, 5.41) is 9.11. The molecule has 6 heteroatoms. The van der Waals surface area contributed by atoms with E-state index in [1.54, 1.807) is 0 Å². The standard InChI is InChI=1S/C15H26N2O4/c1-13(2,3)17(8-10(18)19)12(20)15(16)9-6-7-21-11(9)14(15,4)5/h9,11H,6-8,16H2,1-5H3,(H,18,19). The van der Waals surface area contributed by atoms with E-state index in [9.17, 15) is 9.59 Å². The second-order valence-corrected chi connectivity index (χ2v) is 7.73. The van der Waals surface area contributed by atoms with E-state index < -0.39 is 22.5 Å². The van der Waals surface area contributed by atoms with Crippen LogP contribution in [0, 0.1) is 11.3 Å². The van der Waals surface area contributed by atoms with Gasteiger partial charge in [0.2, 0.25) is 5.91 Å². The predicted molar refractivity (Wildman–Crippen MR) is 77.6 cm³/mol. The maximum atomic E-state index is 13.1. The number of rotatable bonds is 3. The van der Waals surface area contributed by atoms with Gasteiger partial charge in [0.1, 0.15) is 12.1 Å². The molecule has 1 aliphatic carbocycles. The second kappa shape index (κ2) is 4.68. The van der Waals surface area contributed by atoms with Gasteiger partial charge in [0, 0.05) is 23.5 Å². The van der Waals surface area contributed by atoms with Crippen LogP contribution in [0.5, 0.6) is 0 Å². The molecule has 0 bridgehead atoms. The van der Waals surface area contributed by atoms with E-state index in [1.807, 2.05) is 34.6 Å². The summed E-state index contributed by atoms with van der Waals surface area (Å²) in [7, 11) is 0. The Hall–Kier alpha value is -1.14. The Balaban J connectivity index is 2.34. The summed E-state index contributed by atoms with van der Waals surface area (Å²) in [5.74, 6) is -1.34. The van der Waals surface area contributed by atoms with Crippen molar-refractivity contribution in [3.05, 3.63) is 0 Å². The zero-order chi connectivity index (χ0) is 16.2. The lowest BCUT2D eigenvalue weighted by atomic mass is 9.47. The third-order valence-corrected chi connectivity index (χ3v) is 5.16. The number of carbonyl (C=O) groups is 2. The first kappa shape index (κ1) is 16.2. The van der Waals surface area contributed by atoms with E-state index in [0.717, 1.165) is 6.42 Å². The third kappa shape index (κ3) is 2.16. The minimum absolute atomic E-state index is 0.0157. The molecule has 3 N–H and O–H groups in total. The number of carbonyl (C=O) groups excluding carboxylic acids is 1. The van der Waals surface area contributed by atoms with Gasteiger partial charge < -0.3 is 20.5 Å². The fourth-order valence-electron chi connectivity index (χ4n) is 3.79. The fourth-order valence-corrected chi connectivity index (χ4v) is 3.79. The molecule has 1 heterocycles. The van der Waals surface area contributed by atoms with Crippen LogP contribution < -0.4 is 5.73 Å². The lowest BCUT2D eigenvalue weighted by Gasteiger charge is -2.62. The Kier molecular flexibility index (Phi) is 3.62. The number of ether oxygens (including phenoxy) is 1. The van der Waals surface area contributed by atoms with Crippen LogP contribution >= 0.6 is 0 Å². The molecule has 3 unspecified atom stereocenters. The average molecular weight is 298 g/mol. The van der Waals surface area contributed by atoms with Gasteiger partial charge in [-0.3, -0.25) is 9.59 Å². The molecular weight excluding hydrogens is 272 g/mol. The first-order chi connectivity index (χ1) is 9.44. The van der Waals surface area contributed by atoms with Gasteiger partial charge in [-0.05, 0) is 27.2 Å². The number of fused-ring (bicyclic) bond motifs is 1. The number of aliphatic carboxylic acids is 1. The van der Waals surface area contributed by atoms with Crippen molar-refractivity contribution in [2.45, 2.75) is 58.2 Å². The number of amides is 1. The maximum absolute atomic E-state index is 13.1. The van der Waals surface area contributed by atoms with Crippen LogP contribution in [0.4, 0.5) is 0 Å². The van der Waals surface area contributed by atoms with Crippen LogP contribution in [0.2, 0.25) is 0 Å². The van der Waals surface area contributed by atoms with E-state index >= 15 is 0 Å². The van der Waals surface area contributed by atoms with Gasteiger partial charge in [-0.15, -0.1) is 0 Å². The summed E-state index contributed by atoms with van der Waals surface area (Å²) in [6, 6.07) is 0. The zero-order valence-corrected chi connectivity index (χ0v) is 13.5. The normalized spacial score (nSPS) is 34.0. The smallest absolute Gasteiger partial charge is 0.323 e. The first-order valence-electron chi connectivity index (χ1n) is 7.38. The number of nitrogens with two attached hydrogens (primary N) is 1. The van der Waals surface area contributed by atoms with Crippen LogP contribution in [0.25, 0.3) is 0 Å². The van der Waals surface area contributed by atoms with Gasteiger partial charge in [-0.1, -0.05) is 13.8 Å². The van der Waals surface area contributed by atoms with Crippen molar-refractivity contribution < 1.29 is 19.4 Å². The highest BCUT2D eigenvalue weighted by Gasteiger charge is 2.72. The molecule has 2 aliphatic rings. The Morgan fingerprint density at radius 1 is 1.38 bits per heavy atom. The number of carboxylic acid groups (broad SMARTS) is 1. The molecule has 0 radical (unpaired) electrons. The van der Waals surface area contributed by atoms with Gasteiger partial charge in [0.05, 0.1) is 6.10 Å². The van der Waals surface area contributed by atoms with Crippen LogP contribution in [0.3, 0.4) is 0 Å². The molecule has 1 saturated heterocycles. The van der Waals surface area contributed by atoms with Crippen molar-refractivity contribution >= 4 is 11.9 Å². The van der Waals surface area contributed by atoms with Crippen LogP contribution in [-0.4, -0.2) is 52.2 Å². The van der Waals surface area contributed by atoms with Gasteiger partial charge in [0.15, 0.2) is 0 Å². The highest BCUT2D eigenvalue weighted by Crippen LogP contribution is 2.59. The van der Waals surface area contributed by atoms with Gasteiger partial charge >= 0.3 is 5.97 Å². The summed E-state index contributed by atoms with van der Waals surface area (Å²) in [6.45, 7) is 9.61. The monoisotopic (exact) mass is 298 g/mol. The van der Waals surface area contributed by atoms with Crippen LogP contribution in [-0.2, 0) is 14.3 Å². The van der Waals surface area contributed by atoms with Crippen LogP contribution in [0.15, 0.2) is 0 Å². The molecule has 1 saturated carbocycles. The van der Waals surface area contributed by atoms with Crippen LogP contribution in [0.1, 0.15) is 41.0 Å². The maximum Gasteiger partial charge on any atom is 0.323 e. The van der Waals surface area contributed by atoms with E-state index in [4.69, 9.17) is 15.6 Å². The predicted octanol–water partition coefficient (Wildman–Crippen LogP) is 0.841. The molecule has 0 aromatic heterocycles. The summed E-state index contributed by atoms with van der Waals surface area (Å²) in [6.07, 6.45) is 0.736. The summed E-state index contributed by atoms with van der Waals surface area (Å²) in [4.78, 5) is 25.6. The largest absolute Gasteiger partial charge is 0.480 e. The molecule has 6 nitrogen and oxygen atoms in total. The lowest BCUT2D eigenvalue weighted by molar-refractivity contribution is -0.189. The molecule has 120 valence electrons. The Morgan fingerprint density at radius 3 is 2.43 bits per heavy atom. The zero-order valence-electron chi connectivity index (χ0n) is 13.5. The molecule has 0 aromatic carbocycles. The molecule has 0 aromatic rings. The van der Waals surface area contributed by atoms with Crippen molar-refractivity contribution in [2.75, 3.05) is 13.2 Å². The van der Waals surface area contributed by atoms with E-state index in [1.165, 1.54) is 4.90 Å². The van der Waals surface area contributed by atoms with E-state index in [2.05, 4.69) is 0 Å². The van der Waals surface area contributed by atoms with Crippen molar-refractivity contribution in [3.8, 4) is 0 Å². The molecule has 2 fully saturated rings. The Morgan fingerprint density at radius 2 is 1.95 bits per heavy atom. The van der Waals surface area contributed by atoms with E-state index in [-0.39, 0.29) is 24.5 Å². The number of carboxylic acids is 1. The summed E-state index contributed by atoms with van der Waals surface area (Å²) < 4.78 is 5.69. The van der Waals surface area contributed by atoms with Gasteiger partial charge in [-0.2, -0.15) is 0 Å².